The number of benzene rings is 1. The first-order chi connectivity index (χ1) is 9.24. The van der Waals surface area contributed by atoms with Crippen molar-refractivity contribution in [1.82, 2.24) is 4.98 Å². The molecule has 0 fully saturated rings. The summed E-state index contributed by atoms with van der Waals surface area (Å²) in [5.41, 5.74) is 2.24. The Bertz CT molecular complexity index is 626. The van der Waals surface area contributed by atoms with Crippen LogP contribution < -0.4 is 14.8 Å². The summed E-state index contributed by atoms with van der Waals surface area (Å²) in [5, 5.41) is 12.5. The second-order valence-corrected chi connectivity index (χ2v) is 4.67. The Balaban J connectivity index is 1.87. The van der Waals surface area contributed by atoms with Crippen LogP contribution in [0.1, 0.15) is 10.5 Å². The number of thiazole rings is 1. The molecule has 1 aliphatic heterocycles. The quantitative estimate of drug-likeness (QED) is 0.897. The molecule has 0 amide bonds. The molecule has 19 heavy (non-hydrogen) atoms. The lowest BCUT2D eigenvalue weighted by molar-refractivity contribution is 0.0692. The average molecular weight is 278 g/mol. The van der Waals surface area contributed by atoms with E-state index >= 15 is 0 Å². The van der Waals surface area contributed by atoms with Gasteiger partial charge in [-0.3, -0.25) is 0 Å². The number of ether oxygens (including phenoxy) is 2. The highest BCUT2D eigenvalue weighted by Crippen LogP contribution is 2.34. The van der Waals surface area contributed by atoms with Gasteiger partial charge in [-0.15, -0.1) is 11.3 Å². The van der Waals surface area contributed by atoms with Crippen LogP contribution in [0.15, 0.2) is 23.7 Å². The predicted octanol–water partition coefficient (Wildman–Crippen LogP) is 2.36. The zero-order valence-electron chi connectivity index (χ0n) is 9.75. The molecule has 0 radical (unpaired) electrons. The average Bonchev–Trinajstić information content (AvgIpc) is 2.87. The van der Waals surface area contributed by atoms with Crippen LogP contribution in [-0.2, 0) is 0 Å². The summed E-state index contributed by atoms with van der Waals surface area (Å²) in [6.45, 7) is 1.05. The third kappa shape index (κ3) is 2.32. The molecular weight excluding hydrogens is 268 g/mol. The number of hydrogen-bond donors (Lipinski definition) is 2. The molecule has 98 valence electrons. The van der Waals surface area contributed by atoms with E-state index in [2.05, 4.69) is 10.3 Å². The maximum atomic E-state index is 11.0. The van der Waals surface area contributed by atoms with Crippen LogP contribution in [0.2, 0.25) is 0 Å². The minimum Gasteiger partial charge on any atom is -0.486 e. The number of carbonyl (C=O) groups is 1. The second-order valence-electron chi connectivity index (χ2n) is 3.82. The van der Waals surface area contributed by atoms with Crippen molar-refractivity contribution in [2.75, 3.05) is 18.5 Å². The van der Waals surface area contributed by atoms with Gasteiger partial charge >= 0.3 is 5.97 Å². The number of carboxylic acid groups (broad SMARTS) is 1. The molecule has 3 rings (SSSR count). The van der Waals surface area contributed by atoms with Crippen molar-refractivity contribution in [1.29, 1.82) is 0 Å². The van der Waals surface area contributed by atoms with Gasteiger partial charge in [-0.25, -0.2) is 9.78 Å². The third-order valence-corrected chi connectivity index (χ3v) is 3.31. The van der Waals surface area contributed by atoms with Crippen molar-refractivity contribution in [3.8, 4) is 11.5 Å². The van der Waals surface area contributed by atoms with E-state index in [-0.39, 0.29) is 5.69 Å². The summed E-state index contributed by atoms with van der Waals surface area (Å²) < 4.78 is 10.9. The van der Waals surface area contributed by atoms with Gasteiger partial charge in [0.05, 0.1) is 5.51 Å². The molecule has 0 saturated heterocycles. The van der Waals surface area contributed by atoms with Crippen LogP contribution in [0.5, 0.6) is 11.5 Å². The van der Waals surface area contributed by atoms with E-state index in [1.165, 1.54) is 16.8 Å². The van der Waals surface area contributed by atoms with Gasteiger partial charge in [-0.2, -0.15) is 0 Å². The van der Waals surface area contributed by atoms with Crippen LogP contribution in [0.25, 0.3) is 0 Å². The molecule has 0 spiro atoms. The van der Waals surface area contributed by atoms with Gasteiger partial charge in [0, 0.05) is 11.8 Å². The van der Waals surface area contributed by atoms with Crippen LogP contribution in [0.4, 0.5) is 10.7 Å². The summed E-state index contributed by atoms with van der Waals surface area (Å²) in [4.78, 5) is 14.8. The summed E-state index contributed by atoms with van der Waals surface area (Å²) in [5.74, 6) is 0.290. The standard InChI is InChI=1S/C12H10N2O4S/c15-12(16)10-11(19-6-13-10)14-7-1-2-8-9(5-7)18-4-3-17-8/h1-2,5-6,14H,3-4H2,(H,15,16). The molecule has 2 N–H and O–H groups in total. The van der Waals surface area contributed by atoms with E-state index in [0.717, 1.165) is 5.69 Å². The van der Waals surface area contributed by atoms with Gasteiger partial charge < -0.3 is 19.9 Å². The molecule has 1 aliphatic rings. The third-order valence-electron chi connectivity index (χ3n) is 2.57. The molecule has 1 aromatic heterocycles. The number of nitrogens with zero attached hydrogens (tertiary/aromatic N) is 1. The normalized spacial score (nSPS) is 13.1. The molecule has 6 nitrogen and oxygen atoms in total. The fourth-order valence-corrected chi connectivity index (χ4v) is 2.43. The molecule has 0 saturated carbocycles. The first kappa shape index (κ1) is 11.8. The van der Waals surface area contributed by atoms with E-state index < -0.39 is 5.97 Å². The van der Waals surface area contributed by atoms with Crippen molar-refractivity contribution in [2.45, 2.75) is 0 Å². The van der Waals surface area contributed by atoms with E-state index in [0.29, 0.717) is 29.7 Å². The first-order valence-corrected chi connectivity index (χ1v) is 6.45. The molecule has 0 unspecified atom stereocenters. The Labute approximate surface area is 112 Å². The van der Waals surface area contributed by atoms with Gasteiger partial charge in [0.2, 0.25) is 0 Å². The number of aromatic nitrogens is 1. The maximum absolute atomic E-state index is 11.0. The van der Waals surface area contributed by atoms with Crippen LogP contribution >= 0.6 is 11.3 Å². The van der Waals surface area contributed by atoms with Crippen LogP contribution in [0, 0.1) is 0 Å². The lowest BCUT2D eigenvalue weighted by Gasteiger charge is -2.19. The molecule has 7 heteroatoms. The SMILES string of the molecule is O=C(O)c1ncsc1Nc1ccc2c(c1)OCCO2. The molecule has 2 heterocycles. The number of rotatable bonds is 3. The zero-order chi connectivity index (χ0) is 13.2. The lowest BCUT2D eigenvalue weighted by atomic mass is 10.2. The van der Waals surface area contributed by atoms with Crippen molar-refractivity contribution in [3.63, 3.8) is 0 Å². The van der Waals surface area contributed by atoms with E-state index in [1.54, 1.807) is 18.2 Å². The van der Waals surface area contributed by atoms with Gasteiger partial charge in [-0.1, -0.05) is 0 Å². The summed E-state index contributed by atoms with van der Waals surface area (Å²) >= 11 is 1.23. The fourth-order valence-electron chi connectivity index (χ4n) is 1.74. The van der Waals surface area contributed by atoms with E-state index in [1.807, 2.05) is 0 Å². The molecule has 0 atom stereocenters. The Hall–Kier alpha value is -2.28. The largest absolute Gasteiger partial charge is 0.486 e. The van der Waals surface area contributed by atoms with Gasteiger partial charge in [0.1, 0.15) is 18.2 Å². The number of nitrogens with one attached hydrogen (secondary N) is 1. The summed E-state index contributed by atoms with van der Waals surface area (Å²) in [6, 6.07) is 5.37. The fraction of sp³-hybridized carbons (Fsp3) is 0.167. The Kier molecular flexibility index (Phi) is 2.96. The highest BCUT2D eigenvalue weighted by molar-refractivity contribution is 7.14. The summed E-state index contributed by atoms with van der Waals surface area (Å²) in [7, 11) is 0. The molecule has 1 aromatic carbocycles. The number of hydrogen-bond acceptors (Lipinski definition) is 6. The van der Waals surface area contributed by atoms with Crippen molar-refractivity contribution < 1.29 is 19.4 Å². The maximum Gasteiger partial charge on any atom is 0.357 e. The Morgan fingerprint density at radius 2 is 2.11 bits per heavy atom. The zero-order valence-corrected chi connectivity index (χ0v) is 10.6. The predicted molar refractivity (Wildman–Crippen MR) is 69.8 cm³/mol. The highest BCUT2D eigenvalue weighted by Gasteiger charge is 2.15. The number of aromatic carboxylic acids is 1. The number of fused-ring (bicyclic) bond motifs is 1. The van der Waals surface area contributed by atoms with Crippen LogP contribution in [-0.4, -0.2) is 29.3 Å². The Morgan fingerprint density at radius 3 is 2.89 bits per heavy atom. The topological polar surface area (TPSA) is 80.7 Å². The monoisotopic (exact) mass is 278 g/mol. The molecule has 0 bridgehead atoms. The minimum atomic E-state index is -1.05. The molecule has 0 aliphatic carbocycles. The second kappa shape index (κ2) is 4.77. The smallest absolute Gasteiger partial charge is 0.357 e. The molecule has 2 aromatic rings. The number of carboxylic acids is 1. The number of anilines is 2. The van der Waals surface area contributed by atoms with E-state index in [4.69, 9.17) is 14.6 Å². The van der Waals surface area contributed by atoms with E-state index in [9.17, 15) is 4.79 Å². The highest BCUT2D eigenvalue weighted by atomic mass is 32.1. The van der Waals surface area contributed by atoms with Crippen molar-refractivity contribution in [2.24, 2.45) is 0 Å². The minimum absolute atomic E-state index is 0.0138. The van der Waals surface area contributed by atoms with Crippen molar-refractivity contribution >= 4 is 28.0 Å². The van der Waals surface area contributed by atoms with Crippen LogP contribution in [0.3, 0.4) is 0 Å². The van der Waals surface area contributed by atoms with Crippen molar-refractivity contribution in [3.05, 3.63) is 29.4 Å². The van der Waals surface area contributed by atoms with Gasteiger partial charge in [0.15, 0.2) is 17.2 Å². The lowest BCUT2D eigenvalue weighted by Crippen LogP contribution is -2.15. The first-order valence-electron chi connectivity index (χ1n) is 5.57. The summed E-state index contributed by atoms with van der Waals surface area (Å²) in [6.07, 6.45) is 0. The Morgan fingerprint density at radius 1 is 1.32 bits per heavy atom. The van der Waals surface area contributed by atoms with Gasteiger partial charge in [0.25, 0.3) is 0 Å². The molecular formula is C12H10N2O4S. The van der Waals surface area contributed by atoms with Gasteiger partial charge in [-0.05, 0) is 12.1 Å².